The number of rotatable bonds is 7. The van der Waals surface area contributed by atoms with Crippen molar-refractivity contribution in [3.8, 4) is 5.75 Å². The Kier molecular flexibility index (Phi) is 7.34. The quantitative estimate of drug-likeness (QED) is 0.448. The number of carbonyl (C=O) groups excluding carboxylic acids is 1. The fourth-order valence-electron chi connectivity index (χ4n) is 3.53. The van der Waals surface area contributed by atoms with E-state index in [0.29, 0.717) is 6.42 Å². The van der Waals surface area contributed by atoms with E-state index in [1.807, 2.05) is 12.1 Å². The maximum atomic E-state index is 12.2. The van der Waals surface area contributed by atoms with Gasteiger partial charge in [-0.3, -0.25) is 4.79 Å². The van der Waals surface area contributed by atoms with Crippen molar-refractivity contribution in [2.75, 3.05) is 0 Å². The molecule has 0 N–H and O–H groups in total. The van der Waals surface area contributed by atoms with Gasteiger partial charge in [0.05, 0.1) is 0 Å². The van der Waals surface area contributed by atoms with Crippen molar-refractivity contribution in [3.63, 3.8) is 0 Å². The highest BCUT2D eigenvalue weighted by Crippen LogP contribution is 2.37. The van der Waals surface area contributed by atoms with E-state index in [0.717, 1.165) is 44.3 Å². The molecular formula is C22H34O3. The molecule has 25 heavy (non-hydrogen) atoms. The third-order valence-electron chi connectivity index (χ3n) is 4.68. The average molecular weight is 347 g/mol. The molecule has 1 aromatic carbocycles. The fourth-order valence-corrected chi connectivity index (χ4v) is 3.53. The number of hydrogen-bond donors (Lipinski definition) is 0. The van der Waals surface area contributed by atoms with Gasteiger partial charge in [0.2, 0.25) is 0 Å². The number of esters is 1. The second kappa shape index (κ2) is 9.26. The second-order valence-corrected chi connectivity index (χ2v) is 8.16. The molecule has 0 aromatic heterocycles. The summed E-state index contributed by atoms with van der Waals surface area (Å²) < 4.78 is 11.9. The number of benzene rings is 1. The molecule has 0 heterocycles. The third kappa shape index (κ3) is 6.72. The molecule has 0 unspecified atom stereocenters. The van der Waals surface area contributed by atoms with Crippen molar-refractivity contribution < 1.29 is 14.3 Å². The molecule has 3 heteroatoms. The van der Waals surface area contributed by atoms with Gasteiger partial charge in [0, 0.05) is 12.3 Å². The largest absolute Gasteiger partial charge is 0.488 e. The molecule has 0 radical (unpaired) electrons. The molecule has 1 fully saturated rings. The zero-order chi connectivity index (χ0) is 18.3. The van der Waals surface area contributed by atoms with Crippen LogP contribution in [0.2, 0.25) is 0 Å². The highest BCUT2D eigenvalue weighted by atomic mass is 16.5. The van der Waals surface area contributed by atoms with Crippen LogP contribution >= 0.6 is 0 Å². The van der Waals surface area contributed by atoms with Gasteiger partial charge >= 0.3 is 5.97 Å². The summed E-state index contributed by atoms with van der Waals surface area (Å²) in [7, 11) is 0. The van der Waals surface area contributed by atoms with E-state index in [9.17, 15) is 4.79 Å². The van der Waals surface area contributed by atoms with E-state index < -0.39 is 0 Å². The third-order valence-corrected chi connectivity index (χ3v) is 4.68. The fraction of sp³-hybridized carbons (Fsp3) is 0.682. The molecule has 2 rings (SSSR count). The predicted octanol–water partition coefficient (Wildman–Crippen LogP) is 6.01. The minimum atomic E-state index is -0.212. The minimum Gasteiger partial charge on any atom is -0.488 e. The minimum absolute atomic E-state index is 0.00719. The standard InChI is InChI=1S/C22H34O3/c1-5-6-7-15-21(23)24-20-14-9-8-13-19(20)17-11-10-12-18(16-17)25-22(2,3)4/h10-12,16,19-20H,5-9,13-15H2,1-4H3/t19-,20+/m0/s1. The molecule has 1 aliphatic rings. The van der Waals surface area contributed by atoms with E-state index in [-0.39, 0.29) is 23.6 Å². The van der Waals surface area contributed by atoms with E-state index in [1.54, 1.807) is 0 Å². The summed E-state index contributed by atoms with van der Waals surface area (Å²) in [4.78, 5) is 12.2. The molecule has 1 saturated carbocycles. The van der Waals surface area contributed by atoms with Crippen LogP contribution in [0.5, 0.6) is 5.75 Å². The molecule has 3 nitrogen and oxygen atoms in total. The van der Waals surface area contributed by atoms with Crippen LogP contribution in [0.4, 0.5) is 0 Å². The summed E-state index contributed by atoms with van der Waals surface area (Å²) in [6.07, 6.45) is 8.08. The summed E-state index contributed by atoms with van der Waals surface area (Å²) in [5, 5.41) is 0. The molecule has 0 aliphatic heterocycles. The maximum Gasteiger partial charge on any atom is 0.306 e. The molecule has 0 saturated heterocycles. The zero-order valence-electron chi connectivity index (χ0n) is 16.3. The van der Waals surface area contributed by atoms with Gasteiger partial charge in [-0.15, -0.1) is 0 Å². The van der Waals surface area contributed by atoms with Crippen molar-refractivity contribution in [3.05, 3.63) is 29.8 Å². The highest BCUT2D eigenvalue weighted by Gasteiger charge is 2.30. The van der Waals surface area contributed by atoms with Crippen LogP contribution in [0.15, 0.2) is 24.3 Å². The molecule has 0 spiro atoms. The summed E-state index contributed by atoms with van der Waals surface area (Å²) in [6, 6.07) is 8.32. The number of unbranched alkanes of at least 4 members (excludes halogenated alkanes) is 2. The Balaban J connectivity index is 2.04. The van der Waals surface area contributed by atoms with Crippen LogP contribution in [0.1, 0.15) is 90.5 Å². The van der Waals surface area contributed by atoms with Crippen molar-refractivity contribution in [1.29, 1.82) is 0 Å². The molecule has 0 bridgehead atoms. The first-order valence-corrected chi connectivity index (χ1v) is 9.87. The van der Waals surface area contributed by atoms with Crippen molar-refractivity contribution in [2.45, 2.75) is 96.7 Å². The van der Waals surface area contributed by atoms with Gasteiger partial charge in [-0.25, -0.2) is 0 Å². The summed E-state index contributed by atoms with van der Waals surface area (Å²) in [6.45, 7) is 8.32. The van der Waals surface area contributed by atoms with Crippen molar-refractivity contribution >= 4 is 5.97 Å². The van der Waals surface area contributed by atoms with Gasteiger partial charge < -0.3 is 9.47 Å². The lowest BCUT2D eigenvalue weighted by Crippen LogP contribution is -2.29. The SMILES string of the molecule is CCCCCC(=O)O[C@@H]1CCCC[C@H]1c1cccc(OC(C)(C)C)c1. The molecule has 0 amide bonds. The summed E-state index contributed by atoms with van der Waals surface area (Å²) in [5.41, 5.74) is 1.02. The first-order chi connectivity index (χ1) is 11.9. The smallest absolute Gasteiger partial charge is 0.306 e. The van der Waals surface area contributed by atoms with Crippen LogP contribution in [0.25, 0.3) is 0 Å². The van der Waals surface area contributed by atoms with E-state index in [2.05, 4.69) is 39.8 Å². The van der Waals surface area contributed by atoms with Gasteiger partial charge in [-0.2, -0.15) is 0 Å². The van der Waals surface area contributed by atoms with Crippen LogP contribution in [0, 0.1) is 0 Å². The monoisotopic (exact) mass is 346 g/mol. The molecule has 2 atom stereocenters. The zero-order valence-corrected chi connectivity index (χ0v) is 16.3. The highest BCUT2D eigenvalue weighted by molar-refractivity contribution is 5.69. The summed E-state index contributed by atoms with van der Waals surface area (Å²) in [5.74, 6) is 1.14. The first kappa shape index (κ1) is 19.8. The normalized spacial score (nSPS) is 21.0. The Morgan fingerprint density at radius 1 is 1.16 bits per heavy atom. The van der Waals surface area contributed by atoms with Crippen LogP contribution in [0.3, 0.4) is 0 Å². The molecule has 1 aliphatic carbocycles. The van der Waals surface area contributed by atoms with Crippen molar-refractivity contribution in [2.24, 2.45) is 0 Å². The number of carbonyl (C=O) groups is 1. The Bertz CT molecular complexity index is 544. The second-order valence-electron chi connectivity index (χ2n) is 8.16. The molecule has 1 aromatic rings. The first-order valence-electron chi connectivity index (χ1n) is 9.87. The topological polar surface area (TPSA) is 35.5 Å². The van der Waals surface area contributed by atoms with E-state index in [1.165, 1.54) is 12.0 Å². The lowest BCUT2D eigenvalue weighted by Gasteiger charge is -2.32. The number of hydrogen-bond acceptors (Lipinski definition) is 3. The van der Waals surface area contributed by atoms with Gasteiger partial charge in [-0.1, -0.05) is 38.3 Å². The van der Waals surface area contributed by atoms with Crippen LogP contribution in [-0.2, 0) is 9.53 Å². The molecule has 140 valence electrons. The van der Waals surface area contributed by atoms with Crippen LogP contribution in [-0.4, -0.2) is 17.7 Å². The Hall–Kier alpha value is -1.51. The van der Waals surface area contributed by atoms with Gasteiger partial charge in [0.25, 0.3) is 0 Å². The predicted molar refractivity (Wildman–Crippen MR) is 102 cm³/mol. The van der Waals surface area contributed by atoms with E-state index in [4.69, 9.17) is 9.47 Å². The van der Waals surface area contributed by atoms with Gasteiger partial charge in [0.1, 0.15) is 17.5 Å². The average Bonchev–Trinajstić information content (AvgIpc) is 2.54. The van der Waals surface area contributed by atoms with E-state index >= 15 is 0 Å². The maximum absolute atomic E-state index is 12.2. The Morgan fingerprint density at radius 3 is 2.64 bits per heavy atom. The number of ether oxygens (including phenoxy) is 2. The van der Waals surface area contributed by atoms with Gasteiger partial charge in [-0.05, 0) is 64.2 Å². The Labute approximate surface area is 153 Å². The Morgan fingerprint density at radius 2 is 1.92 bits per heavy atom. The summed E-state index contributed by atoms with van der Waals surface area (Å²) >= 11 is 0. The lowest BCUT2D eigenvalue weighted by molar-refractivity contribution is -0.151. The molecular weight excluding hydrogens is 312 g/mol. The van der Waals surface area contributed by atoms with Crippen LogP contribution < -0.4 is 4.74 Å². The van der Waals surface area contributed by atoms with Crippen molar-refractivity contribution in [1.82, 2.24) is 0 Å². The van der Waals surface area contributed by atoms with Gasteiger partial charge in [0.15, 0.2) is 0 Å². The lowest BCUT2D eigenvalue weighted by atomic mass is 9.81.